The molecular weight excluding hydrogens is 280 g/mol. The summed E-state index contributed by atoms with van der Waals surface area (Å²) >= 11 is 0. The number of rotatable bonds is 3. The van der Waals surface area contributed by atoms with Crippen LogP contribution in [0.1, 0.15) is 21.5 Å². The van der Waals surface area contributed by atoms with E-state index in [2.05, 4.69) is 17.1 Å². The summed E-state index contributed by atoms with van der Waals surface area (Å²) in [6, 6.07) is 11.3. The molecule has 0 spiro atoms. The van der Waals surface area contributed by atoms with Crippen LogP contribution in [-0.4, -0.2) is 35.5 Å². The molecule has 0 bridgehead atoms. The number of ether oxygens (including phenoxy) is 1. The molecule has 22 heavy (non-hydrogen) atoms. The zero-order valence-electron chi connectivity index (χ0n) is 12.4. The third kappa shape index (κ3) is 2.94. The van der Waals surface area contributed by atoms with Crippen LogP contribution in [0.3, 0.4) is 0 Å². The Hall–Kier alpha value is -2.40. The Morgan fingerprint density at radius 3 is 2.82 bits per heavy atom. The number of carbonyl (C=O) groups excluding carboxylic acids is 1. The third-order valence-electron chi connectivity index (χ3n) is 3.91. The molecule has 1 atom stereocenters. The number of aromatic nitrogens is 1. The molecule has 5 nitrogen and oxygen atoms in total. The predicted molar refractivity (Wildman–Crippen MR) is 82.7 cm³/mol. The van der Waals surface area contributed by atoms with Gasteiger partial charge < -0.3 is 14.6 Å². The molecule has 5 heteroatoms. The van der Waals surface area contributed by atoms with E-state index in [0.29, 0.717) is 13.2 Å². The van der Waals surface area contributed by atoms with Crippen LogP contribution >= 0.6 is 0 Å². The molecule has 0 fully saturated rings. The van der Waals surface area contributed by atoms with Gasteiger partial charge >= 0.3 is 0 Å². The van der Waals surface area contributed by atoms with E-state index in [4.69, 9.17) is 4.74 Å². The van der Waals surface area contributed by atoms with Gasteiger partial charge in [0.15, 0.2) is 0 Å². The largest absolute Gasteiger partial charge is 0.371 e. The molecule has 2 heterocycles. The van der Waals surface area contributed by atoms with Gasteiger partial charge in [0.05, 0.1) is 12.7 Å². The lowest BCUT2D eigenvalue weighted by molar-refractivity contribution is 0.00981. The van der Waals surface area contributed by atoms with Crippen molar-refractivity contribution in [3.63, 3.8) is 0 Å². The van der Waals surface area contributed by atoms with Gasteiger partial charge in [0, 0.05) is 26.2 Å². The maximum atomic E-state index is 12.3. The molecule has 1 aromatic carbocycles. The fraction of sp³-hybridized carbons (Fsp3) is 0.294. The van der Waals surface area contributed by atoms with E-state index in [1.165, 1.54) is 23.4 Å². The van der Waals surface area contributed by atoms with E-state index in [1.807, 2.05) is 12.1 Å². The fourth-order valence-electron chi connectivity index (χ4n) is 2.71. The molecule has 0 saturated carbocycles. The average molecular weight is 298 g/mol. The van der Waals surface area contributed by atoms with Gasteiger partial charge in [-0.05, 0) is 23.3 Å². The maximum absolute atomic E-state index is 12.3. The molecule has 1 aliphatic heterocycles. The zero-order valence-corrected chi connectivity index (χ0v) is 12.4. The number of amides is 1. The van der Waals surface area contributed by atoms with Gasteiger partial charge in [-0.25, -0.2) is 0 Å². The Morgan fingerprint density at radius 2 is 2.05 bits per heavy atom. The first-order chi connectivity index (χ1) is 10.6. The number of pyridine rings is 1. The van der Waals surface area contributed by atoms with Gasteiger partial charge in [-0.3, -0.25) is 9.59 Å². The third-order valence-corrected chi connectivity index (χ3v) is 3.91. The van der Waals surface area contributed by atoms with Gasteiger partial charge in [-0.15, -0.1) is 0 Å². The summed E-state index contributed by atoms with van der Waals surface area (Å²) < 4.78 is 5.81. The Bertz CT molecular complexity index is 738. The number of nitrogens with one attached hydrogen (secondary N) is 1. The van der Waals surface area contributed by atoms with Gasteiger partial charge in [-0.2, -0.15) is 0 Å². The Morgan fingerprint density at radius 1 is 1.27 bits per heavy atom. The van der Waals surface area contributed by atoms with Gasteiger partial charge in [0.1, 0.15) is 5.56 Å². The van der Waals surface area contributed by atoms with Crippen molar-refractivity contribution >= 4 is 5.91 Å². The van der Waals surface area contributed by atoms with Crippen molar-refractivity contribution in [1.82, 2.24) is 9.88 Å². The van der Waals surface area contributed by atoms with Crippen LogP contribution in [0.25, 0.3) is 0 Å². The highest BCUT2D eigenvalue weighted by molar-refractivity contribution is 5.93. The van der Waals surface area contributed by atoms with Crippen molar-refractivity contribution in [1.29, 1.82) is 0 Å². The molecular formula is C17H18N2O3. The second-order valence-corrected chi connectivity index (χ2v) is 5.50. The SMILES string of the molecule is CN(CC1Cc2ccccc2CO1)C(=O)c1ccc[nH]c1=O. The normalized spacial score (nSPS) is 16.9. The summed E-state index contributed by atoms with van der Waals surface area (Å²) in [7, 11) is 1.69. The fourth-order valence-corrected chi connectivity index (χ4v) is 2.71. The molecule has 2 aromatic rings. The number of carbonyl (C=O) groups is 1. The van der Waals surface area contributed by atoms with Crippen molar-refractivity contribution in [3.05, 3.63) is 69.6 Å². The average Bonchev–Trinajstić information content (AvgIpc) is 2.54. The molecule has 1 N–H and O–H groups in total. The second kappa shape index (κ2) is 6.15. The lowest BCUT2D eigenvalue weighted by atomic mass is 9.99. The zero-order chi connectivity index (χ0) is 15.5. The van der Waals surface area contributed by atoms with E-state index in [9.17, 15) is 9.59 Å². The summed E-state index contributed by atoms with van der Waals surface area (Å²) in [4.78, 5) is 28.1. The quantitative estimate of drug-likeness (QED) is 0.936. The number of nitrogens with zero attached hydrogens (tertiary/aromatic N) is 1. The van der Waals surface area contributed by atoms with E-state index >= 15 is 0 Å². The minimum absolute atomic E-state index is 0.0494. The van der Waals surface area contributed by atoms with Gasteiger partial charge in [-0.1, -0.05) is 24.3 Å². The number of hydrogen-bond acceptors (Lipinski definition) is 3. The van der Waals surface area contributed by atoms with Crippen LogP contribution in [0, 0.1) is 0 Å². The van der Waals surface area contributed by atoms with E-state index in [1.54, 1.807) is 18.0 Å². The number of aromatic amines is 1. The number of hydrogen-bond donors (Lipinski definition) is 1. The van der Waals surface area contributed by atoms with E-state index in [-0.39, 0.29) is 23.1 Å². The Kier molecular flexibility index (Phi) is 4.06. The molecule has 1 aliphatic rings. The van der Waals surface area contributed by atoms with E-state index < -0.39 is 0 Å². The van der Waals surface area contributed by atoms with Crippen LogP contribution in [0.2, 0.25) is 0 Å². The smallest absolute Gasteiger partial charge is 0.260 e. The monoisotopic (exact) mass is 298 g/mol. The van der Waals surface area contributed by atoms with Crippen LogP contribution in [-0.2, 0) is 17.8 Å². The Balaban J connectivity index is 1.68. The maximum Gasteiger partial charge on any atom is 0.260 e. The second-order valence-electron chi connectivity index (χ2n) is 5.50. The minimum Gasteiger partial charge on any atom is -0.371 e. The number of fused-ring (bicyclic) bond motifs is 1. The topological polar surface area (TPSA) is 62.4 Å². The Labute approximate surface area is 128 Å². The molecule has 1 aromatic heterocycles. The lowest BCUT2D eigenvalue weighted by Gasteiger charge is -2.29. The molecule has 1 amide bonds. The molecule has 0 aliphatic carbocycles. The van der Waals surface area contributed by atoms with E-state index in [0.717, 1.165) is 6.42 Å². The van der Waals surface area contributed by atoms with Gasteiger partial charge in [0.2, 0.25) is 0 Å². The first kappa shape index (κ1) is 14.5. The van der Waals surface area contributed by atoms with Crippen LogP contribution in [0.15, 0.2) is 47.4 Å². The first-order valence-corrected chi connectivity index (χ1v) is 7.26. The molecule has 0 radical (unpaired) electrons. The molecule has 114 valence electrons. The van der Waals surface area contributed by atoms with Crippen molar-refractivity contribution in [2.24, 2.45) is 0 Å². The number of H-pyrrole nitrogens is 1. The summed E-state index contributed by atoms with van der Waals surface area (Å²) in [5.74, 6) is -0.288. The highest BCUT2D eigenvalue weighted by atomic mass is 16.5. The minimum atomic E-state index is -0.366. The lowest BCUT2D eigenvalue weighted by Crippen LogP contribution is -2.39. The number of likely N-dealkylation sites (N-methyl/N-ethyl adjacent to an activating group) is 1. The van der Waals surface area contributed by atoms with Crippen LogP contribution < -0.4 is 5.56 Å². The summed E-state index contributed by atoms with van der Waals surface area (Å²) in [5.41, 5.74) is 2.25. The highest BCUT2D eigenvalue weighted by Gasteiger charge is 2.23. The van der Waals surface area contributed by atoms with Crippen molar-refractivity contribution in [2.75, 3.05) is 13.6 Å². The van der Waals surface area contributed by atoms with Gasteiger partial charge in [0.25, 0.3) is 11.5 Å². The van der Waals surface area contributed by atoms with Crippen molar-refractivity contribution in [2.45, 2.75) is 19.1 Å². The molecule has 0 saturated heterocycles. The highest BCUT2D eigenvalue weighted by Crippen LogP contribution is 2.20. The molecule has 1 unspecified atom stereocenters. The van der Waals surface area contributed by atoms with Crippen LogP contribution in [0.4, 0.5) is 0 Å². The van der Waals surface area contributed by atoms with Crippen molar-refractivity contribution in [3.8, 4) is 0 Å². The first-order valence-electron chi connectivity index (χ1n) is 7.26. The summed E-state index contributed by atoms with van der Waals surface area (Å²) in [6.45, 7) is 1.02. The van der Waals surface area contributed by atoms with Crippen LogP contribution in [0.5, 0.6) is 0 Å². The summed E-state index contributed by atoms with van der Waals surface area (Å²) in [5, 5.41) is 0. The number of benzene rings is 1. The van der Waals surface area contributed by atoms with Crippen molar-refractivity contribution < 1.29 is 9.53 Å². The molecule has 3 rings (SSSR count). The summed E-state index contributed by atoms with van der Waals surface area (Å²) in [6.07, 6.45) is 2.24. The standard InChI is InChI=1S/C17H18N2O3/c1-19(17(21)15-7-4-8-18-16(15)20)10-14-9-12-5-2-3-6-13(12)11-22-14/h2-8,14H,9-11H2,1H3,(H,18,20). The predicted octanol–water partition coefficient (Wildman–Crippen LogP) is 1.59.